The van der Waals surface area contributed by atoms with E-state index in [4.69, 9.17) is 17.4 Å². The van der Waals surface area contributed by atoms with E-state index in [-0.39, 0.29) is 0 Å². The Morgan fingerprint density at radius 1 is 1.00 bits per heavy atom. The highest BCUT2D eigenvalue weighted by molar-refractivity contribution is 6.86. The van der Waals surface area contributed by atoms with Gasteiger partial charge in [-0.25, -0.2) is 0 Å². The SMILES string of the molecule is CO[Si](C[Si](C)(C)O[SiH3])(OC)OC. The van der Waals surface area contributed by atoms with Gasteiger partial charge in [-0.15, -0.1) is 0 Å². The predicted molar refractivity (Wildman–Crippen MR) is 60.1 cm³/mol. The van der Waals surface area contributed by atoms with Crippen molar-refractivity contribution in [3.05, 3.63) is 0 Å². The summed E-state index contributed by atoms with van der Waals surface area (Å²) >= 11 is 0. The van der Waals surface area contributed by atoms with Gasteiger partial charge in [0, 0.05) is 27.0 Å². The maximum Gasteiger partial charge on any atom is 0.499 e. The van der Waals surface area contributed by atoms with E-state index in [1.165, 1.54) is 0 Å². The van der Waals surface area contributed by atoms with Crippen molar-refractivity contribution in [2.75, 3.05) is 21.3 Å². The zero-order valence-electron chi connectivity index (χ0n) is 9.34. The van der Waals surface area contributed by atoms with Crippen molar-refractivity contribution in [1.29, 1.82) is 0 Å². The Hall–Kier alpha value is 0.491. The minimum atomic E-state index is -2.41. The fourth-order valence-electron chi connectivity index (χ4n) is 1.06. The Bertz CT molecular complexity index is 141. The molecule has 0 saturated heterocycles. The molecule has 0 rings (SSSR count). The molecular weight excluding hydrogens is 220 g/mol. The first kappa shape index (κ1) is 13.5. The Balaban J connectivity index is 4.41. The van der Waals surface area contributed by atoms with E-state index < -0.39 is 17.1 Å². The maximum atomic E-state index is 5.57. The summed E-state index contributed by atoms with van der Waals surface area (Å²) in [5, 5.41) is 0. The van der Waals surface area contributed by atoms with Crippen LogP contribution in [0.3, 0.4) is 0 Å². The summed E-state index contributed by atoms with van der Waals surface area (Å²) in [4.78, 5) is 0. The van der Waals surface area contributed by atoms with E-state index in [2.05, 4.69) is 13.1 Å². The molecule has 0 aliphatic rings. The number of rotatable bonds is 6. The van der Waals surface area contributed by atoms with Gasteiger partial charge in [0.1, 0.15) is 10.5 Å². The van der Waals surface area contributed by atoms with Crippen LogP contribution >= 0.6 is 0 Å². The third kappa shape index (κ3) is 4.02. The van der Waals surface area contributed by atoms with Crippen LogP contribution in [0.15, 0.2) is 0 Å². The summed E-state index contributed by atoms with van der Waals surface area (Å²) in [6.07, 6.45) is 0. The summed E-state index contributed by atoms with van der Waals surface area (Å²) in [5.74, 6) is 0. The van der Waals surface area contributed by atoms with Gasteiger partial charge in [0.2, 0.25) is 0 Å². The van der Waals surface area contributed by atoms with E-state index in [0.717, 1.165) is 16.2 Å². The molecule has 0 saturated carbocycles. The van der Waals surface area contributed by atoms with Crippen LogP contribution in [0, 0.1) is 0 Å². The second kappa shape index (κ2) is 5.39. The minimum Gasteiger partial charge on any atom is -0.463 e. The van der Waals surface area contributed by atoms with Crippen LogP contribution in [0.25, 0.3) is 0 Å². The maximum absolute atomic E-state index is 5.57. The van der Waals surface area contributed by atoms with Gasteiger partial charge in [-0.3, -0.25) is 0 Å². The molecule has 0 atom stereocenters. The average Bonchev–Trinajstić information content (AvgIpc) is 2.14. The van der Waals surface area contributed by atoms with Crippen molar-refractivity contribution in [2.24, 2.45) is 0 Å². The van der Waals surface area contributed by atoms with Gasteiger partial charge >= 0.3 is 8.80 Å². The van der Waals surface area contributed by atoms with Gasteiger partial charge < -0.3 is 17.4 Å². The van der Waals surface area contributed by atoms with E-state index >= 15 is 0 Å². The van der Waals surface area contributed by atoms with E-state index in [0.29, 0.717) is 0 Å². The molecule has 0 radical (unpaired) electrons. The lowest BCUT2D eigenvalue weighted by molar-refractivity contribution is 0.128. The predicted octanol–water partition coefficient (Wildman–Crippen LogP) is -0.0942. The lowest BCUT2D eigenvalue weighted by Gasteiger charge is -2.31. The number of hydrogen-bond acceptors (Lipinski definition) is 4. The monoisotopic (exact) mass is 240 g/mol. The lowest BCUT2D eigenvalue weighted by Crippen LogP contribution is -2.51. The van der Waals surface area contributed by atoms with Crippen molar-refractivity contribution < 1.29 is 17.4 Å². The molecule has 13 heavy (non-hydrogen) atoms. The molecule has 0 amide bonds. The molecule has 0 aliphatic heterocycles. The van der Waals surface area contributed by atoms with Crippen LogP contribution in [0.1, 0.15) is 0 Å². The van der Waals surface area contributed by atoms with Gasteiger partial charge in [-0.1, -0.05) is 0 Å². The molecule has 0 aromatic heterocycles. The highest BCUT2D eigenvalue weighted by atomic mass is 28.4. The van der Waals surface area contributed by atoms with Crippen molar-refractivity contribution >= 4 is 27.6 Å². The molecule has 0 bridgehead atoms. The smallest absolute Gasteiger partial charge is 0.463 e. The second-order valence-corrected chi connectivity index (χ2v) is 12.6. The Morgan fingerprint density at radius 2 is 1.38 bits per heavy atom. The Kier molecular flexibility index (Phi) is 5.59. The summed E-state index contributed by atoms with van der Waals surface area (Å²) in [6, 6.07) is 0. The van der Waals surface area contributed by atoms with Gasteiger partial charge in [0.05, 0.1) is 0 Å². The molecular formula is C6H20O4Si3. The first-order chi connectivity index (χ1) is 5.95. The third-order valence-corrected chi connectivity index (χ3v) is 13.6. The van der Waals surface area contributed by atoms with Crippen molar-refractivity contribution in [2.45, 2.75) is 18.8 Å². The first-order valence-corrected chi connectivity index (χ1v) is 10.0. The van der Waals surface area contributed by atoms with Crippen molar-refractivity contribution in [1.82, 2.24) is 0 Å². The van der Waals surface area contributed by atoms with Crippen LogP contribution in [0.4, 0.5) is 0 Å². The quantitative estimate of drug-likeness (QED) is 0.608. The molecule has 0 spiro atoms. The van der Waals surface area contributed by atoms with Crippen LogP contribution in [-0.2, 0) is 17.4 Å². The largest absolute Gasteiger partial charge is 0.499 e. The summed E-state index contributed by atoms with van der Waals surface area (Å²) in [5.41, 5.74) is 0.812. The van der Waals surface area contributed by atoms with E-state index in [1.54, 1.807) is 21.3 Å². The van der Waals surface area contributed by atoms with E-state index in [9.17, 15) is 0 Å². The van der Waals surface area contributed by atoms with Gasteiger partial charge in [0.25, 0.3) is 0 Å². The standard InChI is InChI=1S/C6H20O4Si3/c1-7-13(8-2,9-3)6-12(4,5)10-11/h6H2,1-5,11H3. The minimum absolute atomic E-state index is 0.766. The first-order valence-electron chi connectivity index (χ1n) is 4.16. The molecule has 0 N–H and O–H groups in total. The van der Waals surface area contributed by atoms with Crippen LogP contribution in [-0.4, -0.2) is 48.9 Å². The highest BCUT2D eigenvalue weighted by Crippen LogP contribution is 2.21. The molecule has 0 heterocycles. The molecule has 0 aromatic rings. The lowest BCUT2D eigenvalue weighted by atomic mass is 11.8. The average molecular weight is 240 g/mol. The molecule has 7 heteroatoms. The van der Waals surface area contributed by atoms with Gasteiger partial charge in [0.15, 0.2) is 8.32 Å². The highest BCUT2D eigenvalue weighted by Gasteiger charge is 2.44. The topological polar surface area (TPSA) is 36.9 Å². The third-order valence-electron chi connectivity index (χ3n) is 2.13. The summed E-state index contributed by atoms with van der Waals surface area (Å²) in [7, 11) is 1.63. The molecule has 4 nitrogen and oxygen atoms in total. The summed E-state index contributed by atoms with van der Waals surface area (Å²) < 4.78 is 21.6. The van der Waals surface area contributed by atoms with E-state index in [1.807, 2.05) is 0 Å². The molecule has 0 unspecified atom stereocenters. The molecule has 0 aromatic carbocycles. The fraction of sp³-hybridized carbons (Fsp3) is 1.00. The number of hydrogen-bond donors (Lipinski definition) is 0. The van der Waals surface area contributed by atoms with Crippen molar-refractivity contribution in [3.63, 3.8) is 0 Å². The van der Waals surface area contributed by atoms with Crippen molar-refractivity contribution in [3.8, 4) is 0 Å². The summed E-state index contributed by atoms with van der Waals surface area (Å²) in [6.45, 7) is 4.30. The van der Waals surface area contributed by atoms with Crippen LogP contribution in [0.2, 0.25) is 18.8 Å². The Labute approximate surface area is 85.6 Å². The Morgan fingerprint density at radius 3 is 1.62 bits per heavy atom. The van der Waals surface area contributed by atoms with Gasteiger partial charge in [-0.05, 0) is 13.1 Å². The zero-order valence-corrected chi connectivity index (χ0v) is 13.3. The zero-order chi connectivity index (χ0) is 10.5. The van der Waals surface area contributed by atoms with Gasteiger partial charge in [-0.2, -0.15) is 0 Å². The molecule has 0 aliphatic carbocycles. The van der Waals surface area contributed by atoms with Crippen LogP contribution < -0.4 is 0 Å². The molecule has 0 fully saturated rings. The second-order valence-electron chi connectivity index (χ2n) is 3.44. The normalized spacial score (nSPS) is 13.6. The molecule has 80 valence electrons. The fourth-order valence-corrected chi connectivity index (χ4v) is 9.34. The van der Waals surface area contributed by atoms with Crippen LogP contribution in [0.5, 0.6) is 0 Å².